The summed E-state index contributed by atoms with van der Waals surface area (Å²) in [7, 11) is 0. The highest BCUT2D eigenvalue weighted by atomic mass is 35.5. The Bertz CT molecular complexity index is 650. The number of carbonyl (C=O) groups excluding carboxylic acids is 2. The van der Waals surface area contributed by atoms with Crippen molar-refractivity contribution in [2.75, 3.05) is 6.54 Å². The van der Waals surface area contributed by atoms with Gasteiger partial charge in [-0.2, -0.15) is 0 Å². The van der Waals surface area contributed by atoms with E-state index in [1.165, 1.54) is 12.1 Å². The molecule has 2 amide bonds. The summed E-state index contributed by atoms with van der Waals surface area (Å²) in [6.45, 7) is 2.24. The number of likely N-dealkylation sites (tertiary alicyclic amines) is 1. The summed E-state index contributed by atoms with van der Waals surface area (Å²) in [4.78, 5) is 25.7. The molecule has 1 heterocycles. The van der Waals surface area contributed by atoms with E-state index < -0.39 is 5.91 Å². The second kappa shape index (κ2) is 5.63. The van der Waals surface area contributed by atoms with Crippen LogP contribution in [0.25, 0.3) is 0 Å². The first-order chi connectivity index (χ1) is 10.4. The molecule has 0 unspecified atom stereocenters. The lowest BCUT2D eigenvalue weighted by Gasteiger charge is -2.31. The lowest BCUT2D eigenvalue weighted by Crippen LogP contribution is -2.47. The average molecular weight is 343 g/mol. The molecule has 1 aromatic carbocycles. The number of aromatic hydroxyl groups is 1. The Morgan fingerprint density at radius 3 is 2.64 bits per heavy atom. The van der Waals surface area contributed by atoms with Crippen LogP contribution in [0.2, 0.25) is 10.0 Å². The summed E-state index contributed by atoms with van der Waals surface area (Å²) in [5.74, 6) is -0.322. The molecule has 1 aliphatic carbocycles. The second-order valence-electron chi connectivity index (χ2n) is 5.92. The normalized spacial score (nSPS) is 26.3. The summed E-state index contributed by atoms with van der Waals surface area (Å²) in [5.41, 5.74) is 0.0729. The molecule has 0 radical (unpaired) electrons. The van der Waals surface area contributed by atoms with Gasteiger partial charge in [-0.25, -0.2) is 0 Å². The molecule has 118 valence electrons. The maximum atomic E-state index is 12.3. The van der Waals surface area contributed by atoms with Gasteiger partial charge in [0.25, 0.3) is 5.91 Å². The van der Waals surface area contributed by atoms with Crippen LogP contribution in [0.3, 0.4) is 0 Å². The number of nitrogens with one attached hydrogen (secondary N) is 1. The quantitative estimate of drug-likeness (QED) is 0.867. The number of hydrogen-bond acceptors (Lipinski definition) is 3. The van der Waals surface area contributed by atoms with Crippen LogP contribution in [-0.4, -0.2) is 40.4 Å². The first-order valence-electron chi connectivity index (χ1n) is 7.13. The largest absolute Gasteiger partial charge is 0.506 e. The summed E-state index contributed by atoms with van der Waals surface area (Å²) < 4.78 is 0. The molecule has 3 rings (SSSR count). The third-order valence-electron chi connectivity index (χ3n) is 4.54. The van der Waals surface area contributed by atoms with E-state index in [-0.39, 0.29) is 40.2 Å². The van der Waals surface area contributed by atoms with Crippen molar-refractivity contribution < 1.29 is 14.7 Å². The highest BCUT2D eigenvalue weighted by Gasteiger charge is 2.46. The predicted molar refractivity (Wildman–Crippen MR) is 83.3 cm³/mol. The molecule has 2 fully saturated rings. The van der Waals surface area contributed by atoms with Crippen molar-refractivity contribution >= 4 is 35.0 Å². The number of benzene rings is 1. The maximum absolute atomic E-state index is 12.3. The van der Waals surface area contributed by atoms with Gasteiger partial charge in [-0.3, -0.25) is 9.59 Å². The number of nitrogens with zero attached hydrogens (tertiary/aromatic N) is 1. The van der Waals surface area contributed by atoms with Crippen LogP contribution in [-0.2, 0) is 4.79 Å². The predicted octanol–water partition coefficient (Wildman–Crippen LogP) is 2.44. The van der Waals surface area contributed by atoms with Crippen LogP contribution in [0, 0.1) is 5.92 Å². The number of halogens is 2. The van der Waals surface area contributed by atoms with Crippen LogP contribution in [0.15, 0.2) is 12.1 Å². The second-order valence-corrected chi connectivity index (χ2v) is 6.76. The average Bonchev–Trinajstić information content (AvgIpc) is 3.02. The number of hydrogen-bond donors (Lipinski definition) is 2. The molecular weight excluding hydrogens is 327 g/mol. The number of rotatable bonds is 2. The third-order valence-corrected chi connectivity index (χ3v) is 5.04. The van der Waals surface area contributed by atoms with Gasteiger partial charge in [0.15, 0.2) is 0 Å². The van der Waals surface area contributed by atoms with Gasteiger partial charge in [0.2, 0.25) is 5.91 Å². The van der Waals surface area contributed by atoms with Crippen LogP contribution in [0.1, 0.15) is 30.1 Å². The van der Waals surface area contributed by atoms with Crippen molar-refractivity contribution in [1.29, 1.82) is 0 Å². The zero-order chi connectivity index (χ0) is 16.0. The molecule has 2 N–H and O–H groups in total. The van der Waals surface area contributed by atoms with E-state index in [9.17, 15) is 14.7 Å². The molecule has 2 bridgehead atoms. The van der Waals surface area contributed by atoms with Crippen LogP contribution < -0.4 is 5.32 Å². The first-order valence-corrected chi connectivity index (χ1v) is 7.88. The maximum Gasteiger partial charge on any atom is 0.255 e. The lowest BCUT2D eigenvalue weighted by molar-refractivity contribution is -0.130. The van der Waals surface area contributed by atoms with E-state index in [2.05, 4.69) is 5.32 Å². The number of piperidine rings is 1. The molecular formula is C15H16Cl2N2O3. The molecule has 0 aromatic heterocycles. The minimum atomic E-state index is -0.395. The first kappa shape index (κ1) is 15.4. The highest BCUT2D eigenvalue weighted by molar-refractivity contribution is 6.36. The molecule has 0 spiro atoms. The fourth-order valence-corrected chi connectivity index (χ4v) is 3.99. The van der Waals surface area contributed by atoms with Gasteiger partial charge in [0.1, 0.15) is 5.75 Å². The van der Waals surface area contributed by atoms with Crippen molar-refractivity contribution in [1.82, 2.24) is 10.2 Å². The van der Waals surface area contributed by atoms with Gasteiger partial charge in [0.05, 0.1) is 10.6 Å². The van der Waals surface area contributed by atoms with E-state index in [0.717, 1.165) is 12.8 Å². The summed E-state index contributed by atoms with van der Waals surface area (Å²) >= 11 is 11.7. The number of carbonyl (C=O) groups is 2. The van der Waals surface area contributed by atoms with Crippen LogP contribution in [0.4, 0.5) is 0 Å². The van der Waals surface area contributed by atoms with Crippen molar-refractivity contribution in [3.63, 3.8) is 0 Å². The van der Waals surface area contributed by atoms with Crippen LogP contribution in [0.5, 0.6) is 5.75 Å². The molecule has 1 aromatic rings. The van der Waals surface area contributed by atoms with Crippen molar-refractivity contribution in [3.8, 4) is 5.75 Å². The van der Waals surface area contributed by atoms with Crippen LogP contribution >= 0.6 is 23.2 Å². The topological polar surface area (TPSA) is 69.6 Å². The van der Waals surface area contributed by atoms with Crippen molar-refractivity contribution in [2.24, 2.45) is 5.92 Å². The zero-order valence-corrected chi connectivity index (χ0v) is 13.5. The number of phenols is 1. The smallest absolute Gasteiger partial charge is 0.255 e. The molecule has 2 aliphatic rings. The van der Waals surface area contributed by atoms with Gasteiger partial charge in [-0.05, 0) is 30.9 Å². The Morgan fingerprint density at radius 2 is 2.05 bits per heavy atom. The third kappa shape index (κ3) is 2.63. The highest BCUT2D eigenvalue weighted by Crippen LogP contribution is 2.38. The van der Waals surface area contributed by atoms with E-state index in [1.807, 2.05) is 4.90 Å². The molecule has 1 saturated heterocycles. The molecule has 1 saturated carbocycles. The Labute approximate surface area is 138 Å². The monoisotopic (exact) mass is 342 g/mol. The molecule has 22 heavy (non-hydrogen) atoms. The van der Waals surface area contributed by atoms with E-state index >= 15 is 0 Å². The Balaban J connectivity index is 1.71. The van der Waals surface area contributed by atoms with E-state index in [4.69, 9.17) is 23.2 Å². The Kier molecular flexibility index (Phi) is 3.95. The summed E-state index contributed by atoms with van der Waals surface area (Å²) in [6, 6.07) is 2.99. The van der Waals surface area contributed by atoms with Gasteiger partial charge in [-0.1, -0.05) is 23.2 Å². The SMILES string of the molecule is CC(=O)N1C[C@H]2C[C@@H]1C[C@H]2NC(=O)c1cc(Cl)cc(Cl)c1O. The fourth-order valence-electron chi connectivity index (χ4n) is 3.50. The minimum Gasteiger partial charge on any atom is -0.506 e. The zero-order valence-electron chi connectivity index (χ0n) is 12.0. The summed E-state index contributed by atoms with van der Waals surface area (Å²) in [5, 5.41) is 13.2. The fraction of sp³-hybridized carbons (Fsp3) is 0.467. The number of phenolic OH excluding ortho intramolecular Hbond substituents is 1. The van der Waals surface area contributed by atoms with Gasteiger partial charge >= 0.3 is 0 Å². The minimum absolute atomic E-state index is 0.00487. The Hall–Kier alpha value is -1.46. The van der Waals surface area contributed by atoms with Gasteiger partial charge < -0.3 is 15.3 Å². The number of amides is 2. The van der Waals surface area contributed by atoms with E-state index in [1.54, 1.807) is 6.92 Å². The van der Waals surface area contributed by atoms with E-state index in [0.29, 0.717) is 11.6 Å². The Morgan fingerprint density at radius 1 is 1.32 bits per heavy atom. The molecule has 3 atom stereocenters. The van der Waals surface area contributed by atoms with Gasteiger partial charge in [-0.15, -0.1) is 0 Å². The standard InChI is InChI=1S/C15H16Cl2N2O3/c1-7(20)19-6-8-2-10(19)5-13(8)18-15(22)11-3-9(16)4-12(17)14(11)21/h3-4,8,10,13,21H,2,5-6H2,1H3,(H,18,22)/t8-,10-,13-/m1/s1. The summed E-state index contributed by atoms with van der Waals surface area (Å²) in [6.07, 6.45) is 1.65. The molecule has 1 aliphatic heterocycles. The molecule has 5 nitrogen and oxygen atoms in total. The lowest BCUT2D eigenvalue weighted by atomic mass is 10.0. The molecule has 7 heteroatoms. The van der Waals surface area contributed by atoms with Gasteiger partial charge in [0, 0.05) is 30.6 Å². The van der Waals surface area contributed by atoms with Crippen molar-refractivity contribution in [3.05, 3.63) is 27.7 Å². The van der Waals surface area contributed by atoms with Crippen molar-refractivity contribution in [2.45, 2.75) is 31.8 Å². The number of fused-ring (bicyclic) bond motifs is 2.